The molecule has 0 radical (unpaired) electrons. The van der Waals surface area contributed by atoms with Crippen LogP contribution in [0.5, 0.6) is 0 Å². The Bertz CT molecular complexity index is 699. The third-order valence-electron chi connectivity index (χ3n) is 4.02. The number of methoxy groups -OCH3 is 1. The van der Waals surface area contributed by atoms with E-state index in [-0.39, 0.29) is 5.91 Å². The highest BCUT2D eigenvalue weighted by Gasteiger charge is 2.34. The Balaban J connectivity index is 1.89. The van der Waals surface area contributed by atoms with Gasteiger partial charge in [0.1, 0.15) is 15.6 Å². The second-order valence-electron chi connectivity index (χ2n) is 5.86. The number of aryl methyl sites for hydroxylation is 3. The summed E-state index contributed by atoms with van der Waals surface area (Å²) in [6, 6.07) is 0.349. The van der Waals surface area contributed by atoms with Gasteiger partial charge in [-0.2, -0.15) is 0 Å². The lowest BCUT2D eigenvalue weighted by Crippen LogP contribution is -2.35. The van der Waals surface area contributed by atoms with E-state index in [0.717, 1.165) is 40.6 Å². The highest BCUT2D eigenvalue weighted by Crippen LogP contribution is 2.35. The van der Waals surface area contributed by atoms with E-state index in [4.69, 9.17) is 9.26 Å². The quantitative estimate of drug-likeness (QED) is 0.812. The maximum atomic E-state index is 12.9. The van der Waals surface area contributed by atoms with Crippen molar-refractivity contribution in [1.29, 1.82) is 0 Å². The lowest BCUT2D eigenvalue weighted by Gasteiger charge is -2.21. The molecule has 3 rings (SSSR count). The van der Waals surface area contributed by atoms with Crippen molar-refractivity contribution < 1.29 is 14.1 Å². The number of hydrogen-bond donors (Lipinski definition) is 0. The predicted molar refractivity (Wildman–Crippen MR) is 87.8 cm³/mol. The molecule has 0 aromatic carbocycles. The van der Waals surface area contributed by atoms with Gasteiger partial charge in [0.25, 0.3) is 5.91 Å². The molecule has 0 unspecified atom stereocenters. The number of aromatic nitrogens is 2. The fraction of sp³-hybridized carbons (Fsp3) is 0.562. The Kier molecular flexibility index (Phi) is 4.50. The maximum Gasteiger partial charge on any atom is 0.266 e. The van der Waals surface area contributed by atoms with Crippen LogP contribution in [-0.4, -0.2) is 47.3 Å². The number of carbonyl (C=O) groups excluding carboxylic acids is 1. The van der Waals surface area contributed by atoms with Crippen LogP contribution in [-0.2, 0) is 4.74 Å². The highest BCUT2D eigenvalue weighted by atomic mass is 32.1. The van der Waals surface area contributed by atoms with Gasteiger partial charge in [-0.25, -0.2) is 4.98 Å². The summed E-state index contributed by atoms with van der Waals surface area (Å²) in [5.41, 5.74) is 2.46. The molecule has 1 fully saturated rings. The molecule has 0 N–H and O–H groups in total. The van der Waals surface area contributed by atoms with Crippen LogP contribution in [0.1, 0.15) is 39.7 Å². The molecule has 0 bridgehead atoms. The van der Waals surface area contributed by atoms with Crippen molar-refractivity contribution in [2.75, 3.05) is 20.3 Å². The Hall–Kier alpha value is -1.73. The van der Waals surface area contributed by atoms with E-state index in [1.54, 1.807) is 7.11 Å². The first-order chi connectivity index (χ1) is 11.0. The second-order valence-corrected chi connectivity index (χ2v) is 6.85. The van der Waals surface area contributed by atoms with Crippen molar-refractivity contribution in [3.05, 3.63) is 22.0 Å². The molecule has 124 valence electrons. The Labute approximate surface area is 139 Å². The van der Waals surface area contributed by atoms with Gasteiger partial charge in [0.2, 0.25) is 0 Å². The van der Waals surface area contributed by atoms with E-state index >= 15 is 0 Å². The van der Waals surface area contributed by atoms with Gasteiger partial charge in [-0.1, -0.05) is 5.16 Å². The van der Waals surface area contributed by atoms with Crippen LogP contribution in [0.3, 0.4) is 0 Å². The number of ether oxygens (including phenoxy) is 1. The van der Waals surface area contributed by atoms with Crippen molar-refractivity contribution in [2.45, 2.75) is 39.7 Å². The van der Waals surface area contributed by atoms with E-state index < -0.39 is 0 Å². The van der Waals surface area contributed by atoms with Crippen LogP contribution in [0.15, 0.2) is 4.52 Å². The molecule has 1 amide bonds. The molecule has 0 aliphatic heterocycles. The summed E-state index contributed by atoms with van der Waals surface area (Å²) in [6.07, 6.45) is 2.15. The predicted octanol–water partition coefficient (Wildman–Crippen LogP) is 2.97. The minimum atomic E-state index is 0.0533. The zero-order chi connectivity index (χ0) is 16.6. The number of nitrogens with zero attached hydrogens (tertiary/aromatic N) is 3. The summed E-state index contributed by atoms with van der Waals surface area (Å²) < 4.78 is 10.3. The topological polar surface area (TPSA) is 68.5 Å². The number of thiazole rings is 1. The van der Waals surface area contributed by atoms with Gasteiger partial charge in [-0.05, 0) is 33.6 Å². The molecule has 0 saturated heterocycles. The number of rotatable bonds is 6. The largest absolute Gasteiger partial charge is 0.383 e. The normalized spacial score (nSPS) is 14.3. The van der Waals surface area contributed by atoms with Gasteiger partial charge >= 0.3 is 0 Å². The maximum absolute atomic E-state index is 12.9. The monoisotopic (exact) mass is 335 g/mol. The number of amides is 1. The fourth-order valence-electron chi connectivity index (χ4n) is 2.65. The van der Waals surface area contributed by atoms with Crippen LogP contribution < -0.4 is 0 Å². The first-order valence-corrected chi connectivity index (χ1v) is 8.55. The fourth-order valence-corrected chi connectivity index (χ4v) is 3.81. The molecule has 7 heteroatoms. The van der Waals surface area contributed by atoms with Crippen molar-refractivity contribution in [2.24, 2.45) is 0 Å². The van der Waals surface area contributed by atoms with E-state index in [1.807, 2.05) is 25.7 Å². The minimum absolute atomic E-state index is 0.0533. The summed E-state index contributed by atoms with van der Waals surface area (Å²) in [5, 5.41) is 4.77. The molecule has 1 aliphatic rings. The van der Waals surface area contributed by atoms with Crippen LogP contribution in [0.2, 0.25) is 0 Å². The molecule has 23 heavy (non-hydrogen) atoms. The van der Waals surface area contributed by atoms with E-state index in [0.29, 0.717) is 24.1 Å². The molecule has 6 nitrogen and oxygen atoms in total. The lowest BCUT2D eigenvalue weighted by atomic mass is 10.2. The van der Waals surface area contributed by atoms with E-state index in [9.17, 15) is 4.79 Å². The summed E-state index contributed by atoms with van der Waals surface area (Å²) >= 11 is 1.42. The molecule has 1 aliphatic carbocycles. The van der Waals surface area contributed by atoms with Gasteiger partial charge in [-0.15, -0.1) is 11.3 Å². The molecule has 2 aromatic rings. The van der Waals surface area contributed by atoms with Gasteiger partial charge in [-0.3, -0.25) is 4.79 Å². The van der Waals surface area contributed by atoms with Gasteiger partial charge in [0, 0.05) is 19.7 Å². The van der Waals surface area contributed by atoms with Crippen molar-refractivity contribution >= 4 is 17.2 Å². The lowest BCUT2D eigenvalue weighted by molar-refractivity contribution is 0.0684. The van der Waals surface area contributed by atoms with Gasteiger partial charge in [0.05, 0.1) is 23.6 Å². The van der Waals surface area contributed by atoms with E-state index in [1.165, 1.54) is 11.3 Å². The highest BCUT2D eigenvalue weighted by molar-refractivity contribution is 7.17. The molecule has 2 aromatic heterocycles. The summed E-state index contributed by atoms with van der Waals surface area (Å²) in [7, 11) is 1.66. The number of carbonyl (C=O) groups is 1. The van der Waals surface area contributed by atoms with Crippen LogP contribution in [0.4, 0.5) is 0 Å². The average Bonchev–Trinajstić information content (AvgIpc) is 3.20. The third kappa shape index (κ3) is 3.16. The van der Waals surface area contributed by atoms with Crippen molar-refractivity contribution in [1.82, 2.24) is 15.0 Å². The molecule has 2 heterocycles. The first-order valence-electron chi connectivity index (χ1n) is 7.73. The van der Waals surface area contributed by atoms with Crippen molar-refractivity contribution in [3.8, 4) is 10.6 Å². The summed E-state index contributed by atoms with van der Waals surface area (Å²) in [5.74, 6) is 0.784. The Morgan fingerprint density at radius 1 is 1.35 bits per heavy atom. The van der Waals surface area contributed by atoms with Crippen molar-refractivity contribution in [3.63, 3.8) is 0 Å². The molecular formula is C16H21N3O3S. The van der Waals surface area contributed by atoms with Gasteiger partial charge in [0.15, 0.2) is 0 Å². The smallest absolute Gasteiger partial charge is 0.266 e. The van der Waals surface area contributed by atoms with Gasteiger partial charge < -0.3 is 14.2 Å². The molecule has 0 spiro atoms. The SMILES string of the molecule is COCCN(C(=O)c1sc(-c2c(C)noc2C)nc1C)C1CC1. The third-order valence-corrected chi connectivity index (χ3v) is 5.19. The zero-order valence-corrected chi connectivity index (χ0v) is 14.7. The summed E-state index contributed by atoms with van der Waals surface area (Å²) in [4.78, 5) is 20.1. The standard InChI is InChI=1S/C16H21N3O3S/c1-9-13(11(3)22-18-9)15-17-10(2)14(23-15)16(20)19(7-8-21-4)12-5-6-12/h12H,5-8H2,1-4H3. The molecule has 0 atom stereocenters. The Morgan fingerprint density at radius 3 is 2.65 bits per heavy atom. The van der Waals surface area contributed by atoms with Crippen LogP contribution in [0.25, 0.3) is 10.6 Å². The van der Waals surface area contributed by atoms with Crippen LogP contribution in [0, 0.1) is 20.8 Å². The summed E-state index contributed by atoms with van der Waals surface area (Å²) in [6.45, 7) is 6.81. The average molecular weight is 335 g/mol. The van der Waals surface area contributed by atoms with E-state index in [2.05, 4.69) is 10.1 Å². The molecule has 1 saturated carbocycles. The second kappa shape index (κ2) is 6.41. The number of hydrogen-bond acceptors (Lipinski definition) is 6. The first kappa shape index (κ1) is 16.1. The zero-order valence-electron chi connectivity index (χ0n) is 13.9. The Morgan fingerprint density at radius 2 is 2.09 bits per heavy atom. The van der Waals surface area contributed by atoms with Crippen LogP contribution >= 0.6 is 11.3 Å². The molecular weight excluding hydrogens is 314 g/mol. The minimum Gasteiger partial charge on any atom is -0.383 e.